The fourth-order valence-electron chi connectivity index (χ4n) is 2.63. The van der Waals surface area contributed by atoms with Crippen LogP contribution in [0.15, 0.2) is 49.2 Å². The highest BCUT2D eigenvalue weighted by Crippen LogP contribution is 2.30. The van der Waals surface area contributed by atoms with E-state index in [2.05, 4.69) is 32.2 Å². The number of H-pyrrole nitrogens is 1. The zero-order valence-electron chi connectivity index (χ0n) is 12.4. The number of nitrogens with one attached hydrogen (secondary N) is 1. The summed E-state index contributed by atoms with van der Waals surface area (Å²) in [4.78, 5) is 11.7. The van der Waals surface area contributed by atoms with Crippen LogP contribution in [0, 0.1) is 11.3 Å². The monoisotopic (exact) mass is 300 g/mol. The molecule has 0 aliphatic rings. The average molecular weight is 300 g/mol. The van der Waals surface area contributed by atoms with Crippen LogP contribution in [-0.2, 0) is 7.05 Å². The van der Waals surface area contributed by atoms with Crippen molar-refractivity contribution in [1.82, 2.24) is 24.7 Å². The minimum Gasteiger partial charge on any atom is -0.346 e. The summed E-state index contributed by atoms with van der Waals surface area (Å²) in [6, 6.07) is 7.82. The third-order valence-electron chi connectivity index (χ3n) is 3.75. The zero-order chi connectivity index (χ0) is 15.8. The molecule has 0 saturated heterocycles. The normalized spacial score (nSPS) is 10.8. The molecule has 4 rings (SSSR count). The maximum Gasteiger partial charge on any atom is 0.141 e. The van der Waals surface area contributed by atoms with Crippen LogP contribution in [0.25, 0.3) is 33.3 Å². The average Bonchev–Trinajstić information content (AvgIpc) is 3.20. The van der Waals surface area contributed by atoms with Gasteiger partial charge in [-0.05, 0) is 23.8 Å². The molecule has 0 aliphatic carbocycles. The smallest absolute Gasteiger partial charge is 0.141 e. The van der Waals surface area contributed by atoms with Crippen molar-refractivity contribution in [3.05, 3.63) is 54.9 Å². The lowest BCUT2D eigenvalue weighted by Gasteiger charge is -2.01. The molecule has 4 aromatic rings. The fraction of sp³-hybridized carbons (Fsp3) is 0.0588. The van der Waals surface area contributed by atoms with Gasteiger partial charge < -0.3 is 4.98 Å². The van der Waals surface area contributed by atoms with E-state index in [0.29, 0.717) is 5.69 Å². The van der Waals surface area contributed by atoms with Gasteiger partial charge in [0, 0.05) is 53.9 Å². The Hall–Kier alpha value is -3.46. The molecule has 0 amide bonds. The van der Waals surface area contributed by atoms with E-state index in [0.717, 1.165) is 33.3 Å². The lowest BCUT2D eigenvalue weighted by molar-refractivity contribution is 0.768. The maximum absolute atomic E-state index is 9.03. The Morgan fingerprint density at radius 1 is 1.13 bits per heavy atom. The highest BCUT2D eigenvalue weighted by molar-refractivity contribution is 5.95. The molecule has 23 heavy (non-hydrogen) atoms. The van der Waals surface area contributed by atoms with Gasteiger partial charge in [0.2, 0.25) is 0 Å². The molecule has 0 spiro atoms. The molecule has 0 saturated carbocycles. The second kappa shape index (κ2) is 5.07. The molecule has 0 aromatic carbocycles. The van der Waals surface area contributed by atoms with Crippen LogP contribution in [0.4, 0.5) is 0 Å². The van der Waals surface area contributed by atoms with E-state index in [9.17, 15) is 0 Å². The molecule has 6 heteroatoms. The maximum atomic E-state index is 9.03. The summed E-state index contributed by atoms with van der Waals surface area (Å²) in [6.07, 6.45) is 9.14. The lowest BCUT2D eigenvalue weighted by atomic mass is 10.0. The van der Waals surface area contributed by atoms with Crippen molar-refractivity contribution in [2.24, 2.45) is 7.05 Å². The molecule has 110 valence electrons. The van der Waals surface area contributed by atoms with Crippen LogP contribution in [0.2, 0.25) is 0 Å². The number of aromatic nitrogens is 5. The van der Waals surface area contributed by atoms with E-state index in [4.69, 9.17) is 5.26 Å². The molecule has 6 nitrogen and oxygen atoms in total. The zero-order valence-corrected chi connectivity index (χ0v) is 12.4. The number of hydrogen-bond acceptors (Lipinski definition) is 4. The minimum absolute atomic E-state index is 0.397. The van der Waals surface area contributed by atoms with Crippen molar-refractivity contribution in [2.45, 2.75) is 0 Å². The highest BCUT2D eigenvalue weighted by Gasteiger charge is 2.10. The Morgan fingerprint density at radius 2 is 2.04 bits per heavy atom. The number of hydrogen-bond donors (Lipinski definition) is 1. The van der Waals surface area contributed by atoms with Crippen molar-refractivity contribution >= 4 is 11.0 Å². The largest absolute Gasteiger partial charge is 0.346 e. The van der Waals surface area contributed by atoms with Crippen molar-refractivity contribution in [2.75, 3.05) is 0 Å². The van der Waals surface area contributed by atoms with Gasteiger partial charge in [-0.15, -0.1) is 0 Å². The number of fused-ring (bicyclic) bond motifs is 1. The Kier molecular flexibility index (Phi) is 2.91. The number of nitriles is 1. The van der Waals surface area contributed by atoms with Crippen LogP contribution in [0.3, 0.4) is 0 Å². The first-order valence-corrected chi connectivity index (χ1v) is 7.07. The minimum atomic E-state index is 0.397. The second-order valence-electron chi connectivity index (χ2n) is 5.27. The first-order chi connectivity index (χ1) is 11.2. The lowest BCUT2D eigenvalue weighted by Crippen LogP contribution is -1.85. The summed E-state index contributed by atoms with van der Waals surface area (Å²) in [5, 5.41) is 14.2. The molecule has 4 heterocycles. The fourth-order valence-corrected chi connectivity index (χ4v) is 2.63. The van der Waals surface area contributed by atoms with E-state index in [1.165, 1.54) is 0 Å². The topological polar surface area (TPSA) is 83.2 Å². The second-order valence-corrected chi connectivity index (χ2v) is 5.27. The quantitative estimate of drug-likeness (QED) is 0.617. The summed E-state index contributed by atoms with van der Waals surface area (Å²) >= 11 is 0. The van der Waals surface area contributed by atoms with E-state index in [1.54, 1.807) is 16.9 Å². The first kappa shape index (κ1) is 13.2. The molecule has 1 N–H and O–H groups in total. The Bertz CT molecular complexity index is 1050. The summed E-state index contributed by atoms with van der Waals surface area (Å²) in [5.41, 5.74) is 5.16. The van der Waals surface area contributed by atoms with Crippen molar-refractivity contribution < 1.29 is 0 Å². The summed E-state index contributed by atoms with van der Waals surface area (Å²) < 4.78 is 1.76. The van der Waals surface area contributed by atoms with E-state index in [1.807, 2.05) is 37.9 Å². The molecule has 0 bridgehead atoms. The van der Waals surface area contributed by atoms with E-state index < -0.39 is 0 Å². The van der Waals surface area contributed by atoms with E-state index >= 15 is 0 Å². The van der Waals surface area contributed by atoms with Crippen LogP contribution in [-0.4, -0.2) is 24.7 Å². The summed E-state index contributed by atoms with van der Waals surface area (Å²) in [5.74, 6) is 0. The Morgan fingerprint density at radius 3 is 2.83 bits per heavy atom. The van der Waals surface area contributed by atoms with Crippen LogP contribution in [0.5, 0.6) is 0 Å². The third kappa shape index (κ3) is 2.24. The van der Waals surface area contributed by atoms with Gasteiger partial charge in [0.25, 0.3) is 0 Å². The molecule has 4 aromatic heterocycles. The third-order valence-corrected chi connectivity index (χ3v) is 3.75. The SMILES string of the molecule is Cn1cc(-c2cnc3[nH]cc(-c4ccnc(C#N)c4)c3c2)cn1. The van der Waals surface area contributed by atoms with Gasteiger partial charge in [-0.1, -0.05) is 0 Å². The molecular formula is C17H12N6. The number of rotatable bonds is 2. The van der Waals surface area contributed by atoms with Gasteiger partial charge in [-0.3, -0.25) is 4.68 Å². The van der Waals surface area contributed by atoms with Gasteiger partial charge in [0.1, 0.15) is 17.4 Å². The van der Waals surface area contributed by atoms with Crippen molar-refractivity contribution in [3.8, 4) is 28.3 Å². The van der Waals surface area contributed by atoms with Gasteiger partial charge in [0.05, 0.1) is 6.20 Å². The molecule has 0 radical (unpaired) electrons. The number of nitrogens with zero attached hydrogens (tertiary/aromatic N) is 5. The first-order valence-electron chi connectivity index (χ1n) is 7.07. The van der Waals surface area contributed by atoms with Crippen LogP contribution >= 0.6 is 0 Å². The molecular weight excluding hydrogens is 288 g/mol. The van der Waals surface area contributed by atoms with Gasteiger partial charge in [-0.2, -0.15) is 10.4 Å². The number of pyridine rings is 2. The Labute approximate surface area is 132 Å². The number of aryl methyl sites for hydroxylation is 1. The standard InChI is InChI=1S/C17H12N6/c1-23-10-13(8-22-23)12-5-15-16(9-21-17(15)20-7-12)11-2-3-19-14(4-11)6-18/h2-5,7-10H,1H3,(H,20,21). The molecule has 0 aliphatic heterocycles. The summed E-state index contributed by atoms with van der Waals surface area (Å²) in [7, 11) is 1.89. The molecule has 0 fully saturated rings. The van der Waals surface area contributed by atoms with Crippen molar-refractivity contribution in [1.29, 1.82) is 5.26 Å². The van der Waals surface area contributed by atoms with Gasteiger partial charge in [0.15, 0.2) is 0 Å². The Balaban J connectivity index is 1.89. The molecule has 0 unspecified atom stereocenters. The van der Waals surface area contributed by atoms with Crippen molar-refractivity contribution in [3.63, 3.8) is 0 Å². The highest BCUT2D eigenvalue weighted by atomic mass is 15.2. The van der Waals surface area contributed by atoms with Crippen LogP contribution in [0.1, 0.15) is 5.69 Å². The predicted octanol–water partition coefficient (Wildman–Crippen LogP) is 2.90. The van der Waals surface area contributed by atoms with E-state index in [-0.39, 0.29) is 0 Å². The molecule has 0 atom stereocenters. The van der Waals surface area contributed by atoms with Gasteiger partial charge in [-0.25, -0.2) is 9.97 Å². The van der Waals surface area contributed by atoms with Gasteiger partial charge >= 0.3 is 0 Å². The number of aromatic amines is 1. The van der Waals surface area contributed by atoms with Crippen LogP contribution < -0.4 is 0 Å². The summed E-state index contributed by atoms with van der Waals surface area (Å²) in [6.45, 7) is 0. The predicted molar refractivity (Wildman–Crippen MR) is 86.2 cm³/mol.